The Kier molecular flexibility index (Phi) is 5.70. The van der Waals surface area contributed by atoms with Crippen molar-refractivity contribution in [2.45, 2.75) is 4.90 Å². The van der Waals surface area contributed by atoms with Crippen molar-refractivity contribution in [1.29, 1.82) is 0 Å². The van der Waals surface area contributed by atoms with Gasteiger partial charge >= 0.3 is 15.5 Å². The molecule has 1 aromatic rings. The maximum absolute atomic E-state index is 11.1. The molecule has 0 aliphatic rings. The minimum absolute atomic E-state index is 0. The van der Waals surface area contributed by atoms with Crippen LogP contribution in [0.1, 0.15) is 0 Å². The van der Waals surface area contributed by atoms with Crippen molar-refractivity contribution in [2.75, 3.05) is 0 Å². The van der Waals surface area contributed by atoms with Crippen LogP contribution in [0.3, 0.4) is 0 Å². The van der Waals surface area contributed by atoms with Crippen molar-refractivity contribution in [2.24, 2.45) is 0 Å². The summed E-state index contributed by atoms with van der Waals surface area (Å²) in [5, 5.41) is 0. The zero-order chi connectivity index (χ0) is 9.90. The van der Waals surface area contributed by atoms with Crippen molar-refractivity contribution in [3.8, 4) is 0 Å². The van der Waals surface area contributed by atoms with E-state index in [0.29, 0.717) is 0 Å². The molecular weight excluding hydrogens is 239 g/mol. The molecule has 0 fully saturated rings. The fourth-order valence-electron chi connectivity index (χ4n) is 0.722. The third-order valence-corrected chi connectivity index (χ3v) is 2.60. The van der Waals surface area contributed by atoms with Gasteiger partial charge in [0.1, 0.15) is 4.90 Å². The second-order valence-corrected chi connectivity index (χ2v) is 3.94. The average molecular weight is 244 g/mol. The van der Waals surface area contributed by atoms with Crippen molar-refractivity contribution >= 4 is 56.7 Å². The first-order valence-corrected chi connectivity index (χ1v) is 5.00. The van der Waals surface area contributed by atoms with Crippen LogP contribution in [0.2, 0.25) is 0 Å². The third-order valence-electron chi connectivity index (χ3n) is 1.21. The van der Waals surface area contributed by atoms with E-state index in [4.69, 9.17) is 11.6 Å². The van der Waals surface area contributed by atoms with Gasteiger partial charge in [-0.3, -0.25) is 0 Å². The Hall–Kier alpha value is -0.0700. The zero-order valence-corrected chi connectivity index (χ0v) is 10.9. The molecule has 0 spiro atoms. The van der Waals surface area contributed by atoms with E-state index in [1.54, 1.807) is 6.07 Å². The van der Waals surface area contributed by atoms with Gasteiger partial charge in [-0.05, 0) is 12.1 Å². The van der Waals surface area contributed by atoms with Gasteiger partial charge in [-0.1, -0.05) is 18.2 Å². The van der Waals surface area contributed by atoms with Gasteiger partial charge in [0.15, 0.2) is 0 Å². The first-order valence-electron chi connectivity index (χ1n) is 3.21. The molecule has 0 unspecified atom stereocenters. The van der Waals surface area contributed by atoms with Gasteiger partial charge in [0, 0.05) is 41.2 Å². The van der Waals surface area contributed by atoms with Gasteiger partial charge in [0.2, 0.25) is 0 Å². The Labute approximate surface area is 109 Å². The molecule has 0 saturated heterocycles. The first kappa shape index (κ1) is 13.9. The number of hydrogen-bond acceptors (Lipinski definition) is 4. The maximum atomic E-state index is 11.1. The third kappa shape index (κ3) is 3.98. The summed E-state index contributed by atoms with van der Waals surface area (Å²) in [6, 6.07) is 7.26. The summed E-state index contributed by atoms with van der Waals surface area (Å²) >= 11 is 4.77. The molecule has 0 aliphatic heterocycles. The van der Waals surface area contributed by atoms with Crippen molar-refractivity contribution in [1.82, 2.24) is 0 Å². The predicted molar refractivity (Wildman–Crippen MR) is 51.7 cm³/mol. The van der Waals surface area contributed by atoms with Crippen LogP contribution in [-0.2, 0) is 14.3 Å². The van der Waals surface area contributed by atoms with E-state index in [9.17, 15) is 13.2 Å². The van der Waals surface area contributed by atoms with Crippen LogP contribution in [0.5, 0.6) is 0 Å². The molecule has 71 valence electrons. The molecule has 0 aromatic heterocycles. The Balaban J connectivity index is 0.00000169. The standard InChI is InChI=1S/C7H5ClO4S.Na/c8-7(9)12-13(10,11)6-4-2-1-3-5-6;/h1-5H;. The minimum Gasteiger partial charge on any atom is -0.329 e. The summed E-state index contributed by atoms with van der Waals surface area (Å²) in [4.78, 5) is 10.1. The Morgan fingerprint density at radius 2 is 1.71 bits per heavy atom. The number of hydrogen-bond donors (Lipinski definition) is 0. The van der Waals surface area contributed by atoms with Crippen molar-refractivity contribution in [3.63, 3.8) is 0 Å². The maximum Gasteiger partial charge on any atom is 0.419 e. The predicted octanol–water partition coefficient (Wildman–Crippen LogP) is 1.37. The van der Waals surface area contributed by atoms with Gasteiger partial charge in [-0.2, -0.15) is 8.42 Å². The van der Waals surface area contributed by atoms with E-state index < -0.39 is 15.5 Å². The van der Waals surface area contributed by atoms with Crippen LogP contribution in [0.4, 0.5) is 4.79 Å². The van der Waals surface area contributed by atoms with Gasteiger partial charge < -0.3 is 4.18 Å². The van der Waals surface area contributed by atoms with Crippen LogP contribution in [0, 0.1) is 0 Å². The molecule has 1 radical (unpaired) electrons. The van der Waals surface area contributed by atoms with Gasteiger partial charge in [0.25, 0.3) is 0 Å². The minimum atomic E-state index is -4.04. The average Bonchev–Trinajstić information content (AvgIpc) is 2.04. The number of carbonyl (C=O) groups is 1. The summed E-state index contributed by atoms with van der Waals surface area (Å²) in [6.07, 6.45) is 0. The number of carbonyl (C=O) groups excluding carboxylic acids is 1. The van der Waals surface area contributed by atoms with Gasteiger partial charge in [-0.15, -0.1) is 0 Å². The second-order valence-electron chi connectivity index (χ2n) is 2.09. The summed E-state index contributed by atoms with van der Waals surface area (Å²) in [7, 11) is -4.04. The van der Waals surface area contributed by atoms with Crippen LogP contribution < -0.4 is 0 Å². The fourth-order valence-corrected chi connectivity index (χ4v) is 1.73. The summed E-state index contributed by atoms with van der Waals surface area (Å²) in [6.45, 7) is 0. The molecule has 0 atom stereocenters. The van der Waals surface area contributed by atoms with Crippen molar-refractivity contribution in [3.05, 3.63) is 30.3 Å². The molecule has 0 N–H and O–H groups in total. The SMILES string of the molecule is O=C(Cl)OS(=O)(=O)c1ccccc1.[Na]. The molecule has 0 saturated carbocycles. The first-order chi connectivity index (χ1) is 6.02. The summed E-state index contributed by atoms with van der Waals surface area (Å²) < 4.78 is 26.2. The smallest absolute Gasteiger partial charge is 0.329 e. The molecule has 14 heavy (non-hydrogen) atoms. The van der Waals surface area contributed by atoms with E-state index in [2.05, 4.69) is 4.18 Å². The van der Waals surface area contributed by atoms with E-state index >= 15 is 0 Å². The molecule has 1 aromatic carbocycles. The second kappa shape index (κ2) is 5.72. The Morgan fingerprint density at radius 1 is 1.21 bits per heavy atom. The van der Waals surface area contributed by atoms with Gasteiger partial charge in [0.05, 0.1) is 0 Å². The normalized spacial score (nSPS) is 10.1. The Morgan fingerprint density at radius 3 is 2.14 bits per heavy atom. The van der Waals surface area contributed by atoms with E-state index in [-0.39, 0.29) is 34.5 Å². The molecule has 1 rings (SSSR count). The van der Waals surface area contributed by atoms with Crippen molar-refractivity contribution < 1.29 is 17.4 Å². The molecule has 0 amide bonds. The number of benzene rings is 1. The van der Waals surface area contributed by atoms with Crippen LogP contribution in [0.25, 0.3) is 0 Å². The van der Waals surface area contributed by atoms with Crippen LogP contribution in [-0.4, -0.2) is 43.4 Å². The topological polar surface area (TPSA) is 60.4 Å². The van der Waals surface area contributed by atoms with E-state index in [1.807, 2.05) is 0 Å². The monoisotopic (exact) mass is 243 g/mol. The molecule has 0 aliphatic carbocycles. The molecular formula is C7H5ClNaO4S. The summed E-state index contributed by atoms with van der Waals surface area (Å²) in [5.74, 6) is 0. The zero-order valence-electron chi connectivity index (χ0n) is 7.31. The molecule has 0 heterocycles. The van der Waals surface area contributed by atoms with E-state index in [0.717, 1.165) is 0 Å². The quantitative estimate of drug-likeness (QED) is 0.447. The summed E-state index contributed by atoms with van der Waals surface area (Å²) in [5.41, 5.74) is -1.37. The largest absolute Gasteiger partial charge is 0.419 e. The van der Waals surface area contributed by atoms with Crippen LogP contribution in [0.15, 0.2) is 35.2 Å². The number of rotatable bonds is 2. The molecule has 0 bridgehead atoms. The fraction of sp³-hybridized carbons (Fsp3) is 0. The Bertz CT molecular complexity index is 403. The number of halogens is 1. The molecule has 7 heteroatoms. The van der Waals surface area contributed by atoms with Crippen LogP contribution >= 0.6 is 11.6 Å². The van der Waals surface area contributed by atoms with E-state index in [1.165, 1.54) is 24.3 Å². The molecule has 4 nitrogen and oxygen atoms in total. The van der Waals surface area contributed by atoms with Gasteiger partial charge in [-0.25, -0.2) is 4.79 Å².